The summed E-state index contributed by atoms with van der Waals surface area (Å²) in [6.45, 7) is 2.59. The van der Waals surface area contributed by atoms with E-state index >= 15 is 0 Å². The second-order valence-corrected chi connectivity index (χ2v) is 4.32. The van der Waals surface area contributed by atoms with Crippen molar-refractivity contribution in [2.75, 3.05) is 13.1 Å². The Bertz CT molecular complexity index is 255. The molecule has 0 aromatic carbocycles. The minimum absolute atomic E-state index is 0.00944. The molecule has 0 aromatic rings. The van der Waals surface area contributed by atoms with Gasteiger partial charge in [-0.1, -0.05) is 6.92 Å². The van der Waals surface area contributed by atoms with E-state index in [9.17, 15) is 13.6 Å². The van der Waals surface area contributed by atoms with E-state index in [4.69, 9.17) is 0 Å². The van der Waals surface area contributed by atoms with E-state index in [0.29, 0.717) is 19.4 Å². The summed E-state index contributed by atoms with van der Waals surface area (Å²) >= 11 is 0. The fourth-order valence-corrected chi connectivity index (χ4v) is 2.63. The Kier molecular flexibility index (Phi) is 2.24. The van der Waals surface area contributed by atoms with Crippen molar-refractivity contribution in [2.45, 2.75) is 32.1 Å². The zero-order chi connectivity index (χ0) is 10.3. The first-order valence-corrected chi connectivity index (χ1v) is 5.20. The van der Waals surface area contributed by atoms with Crippen molar-refractivity contribution < 1.29 is 13.6 Å². The molecular formula is C10H15F2NO. The Morgan fingerprint density at radius 3 is 2.79 bits per heavy atom. The molecule has 80 valence electrons. The number of hydrogen-bond donors (Lipinski definition) is 0. The Morgan fingerprint density at radius 2 is 2.21 bits per heavy atom. The molecule has 0 spiro atoms. The second-order valence-electron chi connectivity index (χ2n) is 4.32. The van der Waals surface area contributed by atoms with Crippen LogP contribution in [0.3, 0.4) is 0 Å². The number of carbonyl (C=O) groups excluding carboxylic acids is 1. The van der Waals surface area contributed by atoms with Gasteiger partial charge in [0.15, 0.2) is 0 Å². The molecule has 1 saturated heterocycles. The average Bonchev–Trinajstić information content (AvgIpc) is 2.67. The predicted molar refractivity (Wildman–Crippen MR) is 48.0 cm³/mol. The van der Waals surface area contributed by atoms with Crippen molar-refractivity contribution in [3.63, 3.8) is 0 Å². The minimum Gasteiger partial charge on any atom is -0.342 e. The van der Waals surface area contributed by atoms with Crippen molar-refractivity contribution in [3.05, 3.63) is 0 Å². The van der Waals surface area contributed by atoms with Crippen molar-refractivity contribution in [2.24, 2.45) is 11.8 Å². The summed E-state index contributed by atoms with van der Waals surface area (Å²) in [5.74, 6) is -3.05. The largest absolute Gasteiger partial charge is 0.342 e. The van der Waals surface area contributed by atoms with Crippen LogP contribution < -0.4 is 0 Å². The highest BCUT2D eigenvalue weighted by Gasteiger charge is 2.54. The quantitative estimate of drug-likeness (QED) is 0.637. The Hall–Kier alpha value is -0.670. The van der Waals surface area contributed by atoms with E-state index in [-0.39, 0.29) is 24.8 Å². The van der Waals surface area contributed by atoms with Gasteiger partial charge in [-0.25, -0.2) is 8.78 Å². The van der Waals surface area contributed by atoms with Gasteiger partial charge in [0.1, 0.15) is 0 Å². The summed E-state index contributed by atoms with van der Waals surface area (Å²) in [5, 5.41) is 0. The van der Waals surface area contributed by atoms with Gasteiger partial charge < -0.3 is 4.90 Å². The molecule has 14 heavy (non-hydrogen) atoms. The molecule has 0 aromatic heterocycles. The van der Waals surface area contributed by atoms with E-state index < -0.39 is 11.8 Å². The Balaban J connectivity index is 2.05. The van der Waals surface area contributed by atoms with Gasteiger partial charge >= 0.3 is 0 Å². The van der Waals surface area contributed by atoms with Gasteiger partial charge in [-0.15, -0.1) is 0 Å². The SMILES string of the molecule is CCC(=O)N1CC2CCC(F)(F)C2C1. The van der Waals surface area contributed by atoms with Crippen LogP contribution in [-0.4, -0.2) is 29.8 Å². The lowest BCUT2D eigenvalue weighted by Crippen LogP contribution is -2.32. The first kappa shape index (κ1) is 9.87. The molecule has 2 nitrogen and oxygen atoms in total. The summed E-state index contributed by atoms with van der Waals surface area (Å²) in [4.78, 5) is 12.9. The zero-order valence-corrected chi connectivity index (χ0v) is 8.30. The molecule has 0 radical (unpaired) electrons. The van der Waals surface area contributed by atoms with Crippen LogP contribution in [0.5, 0.6) is 0 Å². The molecule has 2 atom stereocenters. The van der Waals surface area contributed by atoms with Crippen LogP contribution >= 0.6 is 0 Å². The molecule has 1 aliphatic heterocycles. The molecule has 1 aliphatic carbocycles. The number of hydrogen-bond acceptors (Lipinski definition) is 1. The van der Waals surface area contributed by atoms with Gasteiger partial charge in [0.05, 0.1) is 0 Å². The van der Waals surface area contributed by atoms with Crippen LogP contribution in [0, 0.1) is 11.8 Å². The van der Waals surface area contributed by atoms with Gasteiger partial charge in [0, 0.05) is 31.8 Å². The maximum absolute atomic E-state index is 13.3. The molecule has 1 saturated carbocycles. The van der Waals surface area contributed by atoms with Gasteiger partial charge in [-0.2, -0.15) is 0 Å². The number of halogens is 2. The normalized spacial score (nSPS) is 34.6. The van der Waals surface area contributed by atoms with Crippen LogP contribution in [0.15, 0.2) is 0 Å². The Morgan fingerprint density at radius 1 is 1.50 bits per heavy atom. The third-order valence-electron chi connectivity index (χ3n) is 3.49. The van der Waals surface area contributed by atoms with Crippen LogP contribution in [0.2, 0.25) is 0 Å². The summed E-state index contributed by atoms with van der Waals surface area (Å²) in [7, 11) is 0. The number of fused-ring (bicyclic) bond motifs is 1. The summed E-state index contributed by atoms with van der Waals surface area (Å²) in [5.41, 5.74) is 0. The lowest BCUT2D eigenvalue weighted by Gasteiger charge is -2.19. The minimum atomic E-state index is -2.53. The topological polar surface area (TPSA) is 20.3 Å². The average molecular weight is 203 g/mol. The first-order valence-electron chi connectivity index (χ1n) is 5.20. The van der Waals surface area contributed by atoms with E-state index in [1.165, 1.54) is 0 Å². The summed E-state index contributed by atoms with van der Waals surface area (Å²) in [6, 6.07) is 0. The molecule has 0 N–H and O–H groups in total. The van der Waals surface area contributed by atoms with E-state index in [0.717, 1.165) is 0 Å². The second kappa shape index (κ2) is 3.17. The third kappa shape index (κ3) is 1.41. The highest BCUT2D eigenvalue weighted by atomic mass is 19.3. The van der Waals surface area contributed by atoms with Crippen LogP contribution in [0.1, 0.15) is 26.2 Å². The van der Waals surface area contributed by atoms with Crippen LogP contribution in [-0.2, 0) is 4.79 Å². The highest BCUT2D eigenvalue weighted by Crippen LogP contribution is 2.48. The lowest BCUT2D eigenvalue weighted by molar-refractivity contribution is -0.130. The molecule has 2 fully saturated rings. The van der Waals surface area contributed by atoms with Crippen molar-refractivity contribution in [3.8, 4) is 0 Å². The molecular weight excluding hydrogens is 188 g/mol. The number of nitrogens with zero attached hydrogens (tertiary/aromatic N) is 1. The van der Waals surface area contributed by atoms with Crippen molar-refractivity contribution in [1.82, 2.24) is 4.90 Å². The summed E-state index contributed by atoms with van der Waals surface area (Å²) in [6.07, 6.45) is 1.01. The Labute approximate surface area is 82.3 Å². The van der Waals surface area contributed by atoms with E-state index in [1.807, 2.05) is 0 Å². The fraction of sp³-hybridized carbons (Fsp3) is 0.900. The highest BCUT2D eigenvalue weighted by molar-refractivity contribution is 5.76. The fourth-order valence-electron chi connectivity index (χ4n) is 2.63. The maximum Gasteiger partial charge on any atom is 0.252 e. The maximum atomic E-state index is 13.3. The van der Waals surface area contributed by atoms with E-state index in [2.05, 4.69) is 0 Å². The monoisotopic (exact) mass is 203 g/mol. The van der Waals surface area contributed by atoms with Gasteiger partial charge in [0.25, 0.3) is 5.92 Å². The zero-order valence-electron chi connectivity index (χ0n) is 8.30. The molecule has 0 bridgehead atoms. The first-order chi connectivity index (χ1) is 6.54. The van der Waals surface area contributed by atoms with E-state index in [1.54, 1.807) is 11.8 Å². The van der Waals surface area contributed by atoms with Crippen LogP contribution in [0.4, 0.5) is 8.78 Å². The molecule has 2 aliphatic rings. The van der Waals surface area contributed by atoms with Crippen molar-refractivity contribution in [1.29, 1.82) is 0 Å². The lowest BCUT2D eigenvalue weighted by atomic mass is 9.99. The number of alkyl halides is 2. The smallest absolute Gasteiger partial charge is 0.252 e. The number of likely N-dealkylation sites (tertiary alicyclic amines) is 1. The predicted octanol–water partition coefficient (Wildman–Crippen LogP) is 1.90. The summed E-state index contributed by atoms with van der Waals surface area (Å²) < 4.78 is 26.6. The standard InChI is InChI=1S/C10H15F2NO/c1-2-9(14)13-5-7-3-4-10(11,12)8(7)6-13/h7-8H,2-6H2,1H3. The van der Waals surface area contributed by atoms with Crippen LogP contribution in [0.25, 0.3) is 0 Å². The molecule has 1 heterocycles. The van der Waals surface area contributed by atoms with Gasteiger partial charge in [-0.3, -0.25) is 4.79 Å². The van der Waals surface area contributed by atoms with Gasteiger partial charge in [0.2, 0.25) is 5.91 Å². The molecule has 2 rings (SSSR count). The molecule has 2 unspecified atom stereocenters. The molecule has 4 heteroatoms. The molecule has 1 amide bonds. The number of rotatable bonds is 1. The third-order valence-corrected chi connectivity index (χ3v) is 3.49. The van der Waals surface area contributed by atoms with Gasteiger partial charge in [-0.05, 0) is 12.3 Å². The number of amides is 1. The number of carbonyl (C=O) groups is 1. The van der Waals surface area contributed by atoms with Crippen molar-refractivity contribution >= 4 is 5.91 Å².